The quantitative estimate of drug-likeness (QED) is 0.474. The number of nitrogens with zero attached hydrogens (tertiary/aromatic N) is 2. The van der Waals surface area contributed by atoms with Crippen molar-refractivity contribution in [1.82, 2.24) is 4.57 Å². The van der Waals surface area contributed by atoms with E-state index in [1.54, 1.807) is 13.0 Å². The molecule has 19 heavy (non-hydrogen) atoms. The van der Waals surface area contributed by atoms with E-state index in [1.807, 2.05) is 26.0 Å². The lowest BCUT2D eigenvalue weighted by Gasteiger charge is -2.13. The van der Waals surface area contributed by atoms with E-state index in [-0.39, 0.29) is 12.2 Å². The van der Waals surface area contributed by atoms with Gasteiger partial charge in [-0.3, -0.25) is 0 Å². The van der Waals surface area contributed by atoms with Gasteiger partial charge < -0.3 is 9.30 Å². The highest BCUT2D eigenvalue weighted by Crippen LogP contribution is 2.22. The van der Waals surface area contributed by atoms with Crippen LogP contribution in [0.1, 0.15) is 43.8 Å². The van der Waals surface area contributed by atoms with Gasteiger partial charge in [0.1, 0.15) is 11.6 Å². The van der Waals surface area contributed by atoms with Gasteiger partial charge in [0, 0.05) is 17.4 Å². The van der Waals surface area contributed by atoms with Gasteiger partial charge in [0.05, 0.1) is 6.61 Å². The van der Waals surface area contributed by atoms with Crippen molar-refractivity contribution >= 4 is 12.0 Å². The second-order valence-electron chi connectivity index (χ2n) is 4.68. The summed E-state index contributed by atoms with van der Waals surface area (Å²) >= 11 is 0. The number of aryl methyl sites for hydroxylation is 1. The third-order valence-electron chi connectivity index (χ3n) is 2.96. The molecule has 1 aromatic rings. The molecule has 0 saturated carbocycles. The summed E-state index contributed by atoms with van der Waals surface area (Å²) in [6, 6.07) is 4.22. The summed E-state index contributed by atoms with van der Waals surface area (Å²) in [6.07, 6.45) is 1.60. The number of nitriles is 1. The summed E-state index contributed by atoms with van der Waals surface area (Å²) in [5, 5.41) is 9.03. The molecule has 0 spiro atoms. The summed E-state index contributed by atoms with van der Waals surface area (Å²) in [7, 11) is 0. The Morgan fingerprint density at radius 2 is 2.16 bits per heavy atom. The number of rotatable bonds is 4. The van der Waals surface area contributed by atoms with Crippen LogP contribution in [0.25, 0.3) is 6.08 Å². The molecule has 0 amide bonds. The lowest BCUT2D eigenvalue weighted by Crippen LogP contribution is -2.06. The minimum absolute atomic E-state index is 0.0332. The Kier molecular flexibility index (Phi) is 4.94. The summed E-state index contributed by atoms with van der Waals surface area (Å²) in [5.74, 6) is -0.570. The second-order valence-corrected chi connectivity index (χ2v) is 4.68. The predicted molar refractivity (Wildman–Crippen MR) is 74.5 cm³/mol. The maximum atomic E-state index is 11.6. The molecule has 0 bridgehead atoms. The Morgan fingerprint density at radius 3 is 2.58 bits per heavy atom. The molecule has 0 aliphatic heterocycles. The van der Waals surface area contributed by atoms with Gasteiger partial charge in [-0.2, -0.15) is 5.26 Å². The Morgan fingerprint density at radius 1 is 1.53 bits per heavy atom. The van der Waals surface area contributed by atoms with E-state index in [4.69, 9.17) is 10.00 Å². The average Bonchev–Trinajstić information content (AvgIpc) is 2.61. The number of hydrogen-bond donors (Lipinski definition) is 0. The molecule has 1 heterocycles. The molecule has 0 aliphatic rings. The van der Waals surface area contributed by atoms with Gasteiger partial charge in [0.25, 0.3) is 0 Å². The zero-order chi connectivity index (χ0) is 14.6. The van der Waals surface area contributed by atoms with E-state index in [0.29, 0.717) is 6.04 Å². The molecule has 0 atom stereocenters. The number of carbonyl (C=O) groups excluding carboxylic acids is 1. The van der Waals surface area contributed by atoms with E-state index in [0.717, 1.165) is 17.0 Å². The lowest BCUT2D eigenvalue weighted by molar-refractivity contribution is -0.137. The minimum Gasteiger partial charge on any atom is -0.462 e. The minimum atomic E-state index is -0.570. The van der Waals surface area contributed by atoms with Crippen LogP contribution in [0.5, 0.6) is 0 Å². The van der Waals surface area contributed by atoms with Crippen LogP contribution >= 0.6 is 0 Å². The van der Waals surface area contributed by atoms with Gasteiger partial charge in [-0.1, -0.05) is 0 Å². The summed E-state index contributed by atoms with van der Waals surface area (Å²) in [6.45, 7) is 10.2. The number of esters is 1. The van der Waals surface area contributed by atoms with Crippen molar-refractivity contribution in [3.05, 3.63) is 28.6 Å². The molecule has 0 saturated heterocycles. The number of carbonyl (C=O) groups is 1. The summed E-state index contributed by atoms with van der Waals surface area (Å²) < 4.78 is 7.03. The monoisotopic (exact) mass is 260 g/mol. The highest BCUT2D eigenvalue weighted by molar-refractivity contribution is 5.98. The van der Waals surface area contributed by atoms with Crippen LogP contribution in [0.3, 0.4) is 0 Å². The maximum Gasteiger partial charge on any atom is 0.348 e. The van der Waals surface area contributed by atoms with E-state index >= 15 is 0 Å². The van der Waals surface area contributed by atoms with Gasteiger partial charge in [-0.05, 0) is 52.3 Å². The zero-order valence-corrected chi connectivity index (χ0v) is 12.2. The van der Waals surface area contributed by atoms with Gasteiger partial charge in [-0.15, -0.1) is 0 Å². The fourth-order valence-corrected chi connectivity index (χ4v) is 2.24. The van der Waals surface area contributed by atoms with E-state index in [9.17, 15) is 4.79 Å². The number of ether oxygens (including phenoxy) is 1. The molecule has 102 valence electrons. The van der Waals surface area contributed by atoms with Gasteiger partial charge >= 0.3 is 5.97 Å². The van der Waals surface area contributed by atoms with Crippen molar-refractivity contribution in [2.45, 2.75) is 40.7 Å². The zero-order valence-electron chi connectivity index (χ0n) is 12.2. The summed E-state index contributed by atoms with van der Waals surface area (Å²) in [4.78, 5) is 11.6. The van der Waals surface area contributed by atoms with Gasteiger partial charge in [0.15, 0.2) is 0 Å². The van der Waals surface area contributed by atoms with E-state index < -0.39 is 5.97 Å². The topological polar surface area (TPSA) is 55.0 Å². The van der Waals surface area contributed by atoms with Crippen molar-refractivity contribution in [2.75, 3.05) is 6.61 Å². The third kappa shape index (κ3) is 3.25. The SMILES string of the molecule is CCOC(=O)/C(C#N)=C/c1cc(C)n(C(C)C)c1C. The van der Waals surface area contributed by atoms with Crippen molar-refractivity contribution in [3.63, 3.8) is 0 Å². The Hall–Kier alpha value is -2.02. The fraction of sp³-hybridized carbons (Fsp3) is 0.467. The second kappa shape index (κ2) is 6.24. The van der Waals surface area contributed by atoms with Crippen LogP contribution in [-0.4, -0.2) is 17.1 Å². The maximum absolute atomic E-state index is 11.6. The molecule has 0 N–H and O–H groups in total. The molecule has 0 unspecified atom stereocenters. The Bertz CT molecular complexity index is 545. The number of aromatic nitrogens is 1. The summed E-state index contributed by atoms with van der Waals surface area (Å²) in [5.41, 5.74) is 3.08. The predicted octanol–water partition coefficient (Wildman–Crippen LogP) is 3.16. The normalized spacial score (nSPS) is 11.5. The molecule has 0 fully saturated rings. The molecular formula is C15H20N2O2. The molecule has 0 aliphatic carbocycles. The number of hydrogen-bond acceptors (Lipinski definition) is 3. The standard InChI is InChI=1S/C15H20N2O2/c1-6-19-15(18)14(9-16)8-13-7-11(4)17(10(2)3)12(13)5/h7-8,10H,6H2,1-5H3/b14-8+. The average molecular weight is 260 g/mol. The van der Waals surface area contributed by atoms with Crippen LogP contribution in [-0.2, 0) is 9.53 Å². The first-order valence-electron chi connectivity index (χ1n) is 6.39. The first-order valence-corrected chi connectivity index (χ1v) is 6.39. The Labute approximate surface area is 114 Å². The molecule has 4 nitrogen and oxygen atoms in total. The molecule has 4 heteroatoms. The molecule has 1 aromatic heterocycles. The van der Waals surface area contributed by atoms with Crippen LogP contribution < -0.4 is 0 Å². The Balaban J connectivity index is 3.21. The first-order chi connectivity index (χ1) is 8.92. The van der Waals surface area contributed by atoms with Crippen LogP contribution in [0.15, 0.2) is 11.6 Å². The van der Waals surface area contributed by atoms with E-state index in [1.165, 1.54) is 0 Å². The highest BCUT2D eigenvalue weighted by atomic mass is 16.5. The van der Waals surface area contributed by atoms with Crippen LogP contribution in [0.4, 0.5) is 0 Å². The molecular weight excluding hydrogens is 240 g/mol. The van der Waals surface area contributed by atoms with Crippen molar-refractivity contribution in [2.24, 2.45) is 0 Å². The first kappa shape index (κ1) is 15.0. The van der Waals surface area contributed by atoms with Gasteiger partial charge in [-0.25, -0.2) is 4.79 Å². The largest absolute Gasteiger partial charge is 0.462 e. The van der Waals surface area contributed by atoms with Crippen molar-refractivity contribution < 1.29 is 9.53 Å². The van der Waals surface area contributed by atoms with Crippen molar-refractivity contribution in [1.29, 1.82) is 5.26 Å². The van der Waals surface area contributed by atoms with Crippen molar-refractivity contribution in [3.8, 4) is 6.07 Å². The fourth-order valence-electron chi connectivity index (χ4n) is 2.24. The smallest absolute Gasteiger partial charge is 0.348 e. The molecule has 1 rings (SSSR count). The molecule has 0 aromatic carbocycles. The molecule has 0 radical (unpaired) electrons. The van der Waals surface area contributed by atoms with Crippen LogP contribution in [0, 0.1) is 25.2 Å². The highest BCUT2D eigenvalue weighted by Gasteiger charge is 2.14. The lowest BCUT2D eigenvalue weighted by atomic mass is 10.1. The van der Waals surface area contributed by atoms with E-state index in [2.05, 4.69) is 18.4 Å². The third-order valence-corrected chi connectivity index (χ3v) is 2.96. The van der Waals surface area contributed by atoms with Crippen LogP contribution in [0.2, 0.25) is 0 Å². The van der Waals surface area contributed by atoms with Gasteiger partial charge in [0.2, 0.25) is 0 Å².